The van der Waals surface area contributed by atoms with Crippen molar-refractivity contribution < 1.29 is 9.90 Å². The summed E-state index contributed by atoms with van der Waals surface area (Å²) in [4.78, 5) is 12.5. The lowest BCUT2D eigenvalue weighted by atomic mass is 9.76. The number of hydrogen-bond donors (Lipinski definition) is 4. The van der Waals surface area contributed by atoms with Crippen molar-refractivity contribution in [3.05, 3.63) is 35.9 Å². The molecule has 2 fully saturated rings. The number of carbonyl (C=O) groups excluding carboxylic acids is 1. The van der Waals surface area contributed by atoms with Crippen molar-refractivity contribution >= 4 is 5.91 Å². The summed E-state index contributed by atoms with van der Waals surface area (Å²) in [7, 11) is 0. The Kier molecular flexibility index (Phi) is 4.47. The molecule has 2 aliphatic rings. The second-order valence-electron chi connectivity index (χ2n) is 6.69. The highest BCUT2D eigenvalue weighted by Crippen LogP contribution is 2.32. The summed E-state index contributed by atoms with van der Waals surface area (Å²) in [6.45, 7) is 2.83. The van der Waals surface area contributed by atoms with E-state index in [0.29, 0.717) is 12.0 Å². The molecule has 0 aromatic heterocycles. The summed E-state index contributed by atoms with van der Waals surface area (Å²) in [6.07, 6.45) is 3.13. The molecule has 4 unspecified atom stereocenters. The number of hydrazine groups is 1. The van der Waals surface area contributed by atoms with Gasteiger partial charge in [-0.2, -0.15) is 0 Å². The maximum absolute atomic E-state index is 12.5. The molecule has 4 atom stereocenters. The first-order valence-corrected chi connectivity index (χ1v) is 8.12. The van der Waals surface area contributed by atoms with Crippen LogP contribution >= 0.6 is 0 Å². The van der Waals surface area contributed by atoms with E-state index in [9.17, 15) is 9.90 Å². The minimum Gasteiger partial charge on any atom is -0.384 e. The van der Waals surface area contributed by atoms with Gasteiger partial charge in [0, 0.05) is 24.4 Å². The van der Waals surface area contributed by atoms with Gasteiger partial charge in [-0.25, -0.2) is 0 Å². The zero-order valence-electron chi connectivity index (χ0n) is 13.0. The van der Waals surface area contributed by atoms with Gasteiger partial charge in [0.15, 0.2) is 0 Å². The Morgan fingerprint density at radius 3 is 2.91 bits per heavy atom. The number of amides is 1. The Bertz CT molecular complexity index is 518. The minimum absolute atomic E-state index is 0.0350. The number of rotatable bonds is 4. The fraction of sp³-hybridized carbons (Fsp3) is 0.588. The Hall–Kier alpha value is -1.43. The van der Waals surface area contributed by atoms with E-state index in [0.717, 1.165) is 31.4 Å². The van der Waals surface area contributed by atoms with Crippen LogP contribution in [0.15, 0.2) is 30.3 Å². The average molecular weight is 303 g/mol. The van der Waals surface area contributed by atoms with Crippen molar-refractivity contribution in [2.24, 2.45) is 11.8 Å². The second-order valence-corrected chi connectivity index (χ2v) is 6.69. The fourth-order valence-corrected chi connectivity index (χ4v) is 3.65. The maximum Gasteiger partial charge on any atom is 0.223 e. The predicted octanol–water partition coefficient (Wildman–Crippen LogP) is 0.903. The van der Waals surface area contributed by atoms with Crippen molar-refractivity contribution in [1.29, 1.82) is 0 Å². The lowest BCUT2D eigenvalue weighted by molar-refractivity contribution is -0.128. The molecule has 1 aromatic rings. The first-order chi connectivity index (χ1) is 10.6. The van der Waals surface area contributed by atoms with Crippen LogP contribution in [0.5, 0.6) is 0 Å². The largest absolute Gasteiger partial charge is 0.384 e. The SMILES string of the molecule is CC(O)(CNC(=O)C1CCCC2NNCC21)c1ccccc1. The summed E-state index contributed by atoms with van der Waals surface area (Å²) in [6, 6.07) is 9.88. The molecule has 5 nitrogen and oxygen atoms in total. The summed E-state index contributed by atoms with van der Waals surface area (Å²) in [5.41, 5.74) is 6.21. The van der Waals surface area contributed by atoms with Crippen molar-refractivity contribution in [2.75, 3.05) is 13.1 Å². The maximum atomic E-state index is 12.5. The molecule has 3 rings (SSSR count). The van der Waals surface area contributed by atoms with Gasteiger partial charge in [-0.15, -0.1) is 0 Å². The molecule has 1 saturated heterocycles. The molecule has 1 aliphatic carbocycles. The Morgan fingerprint density at radius 1 is 1.36 bits per heavy atom. The molecule has 1 saturated carbocycles. The topological polar surface area (TPSA) is 73.4 Å². The van der Waals surface area contributed by atoms with Gasteiger partial charge in [0.2, 0.25) is 5.91 Å². The van der Waals surface area contributed by atoms with Crippen LogP contribution in [0.25, 0.3) is 0 Å². The first-order valence-electron chi connectivity index (χ1n) is 8.12. The number of aliphatic hydroxyl groups is 1. The minimum atomic E-state index is -1.04. The predicted molar refractivity (Wildman–Crippen MR) is 84.8 cm³/mol. The van der Waals surface area contributed by atoms with Gasteiger partial charge in [-0.05, 0) is 25.3 Å². The van der Waals surface area contributed by atoms with Crippen LogP contribution in [0.3, 0.4) is 0 Å². The third-order valence-electron chi connectivity index (χ3n) is 5.03. The Morgan fingerprint density at radius 2 is 2.14 bits per heavy atom. The highest BCUT2D eigenvalue weighted by atomic mass is 16.3. The zero-order chi connectivity index (χ0) is 15.6. The Labute approximate surface area is 131 Å². The van der Waals surface area contributed by atoms with E-state index in [4.69, 9.17) is 0 Å². The van der Waals surface area contributed by atoms with Gasteiger partial charge in [-0.1, -0.05) is 36.8 Å². The van der Waals surface area contributed by atoms with Gasteiger partial charge in [0.1, 0.15) is 5.60 Å². The van der Waals surface area contributed by atoms with Crippen LogP contribution in [0.1, 0.15) is 31.7 Å². The van der Waals surface area contributed by atoms with Crippen LogP contribution in [0, 0.1) is 11.8 Å². The van der Waals surface area contributed by atoms with Gasteiger partial charge >= 0.3 is 0 Å². The van der Waals surface area contributed by atoms with Crippen molar-refractivity contribution in [3.63, 3.8) is 0 Å². The lowest BCUT2D eigenvalue weighted by Gasteiger charge is -2.32. The third-order valence-corrected chi connectivity index (χ3v) is 5.03. The van der Waals surface area contributed by atoms with Crippen LogP contribution in [-0.2, 0) is 10.4 Å². The summed E-state index contributed by atoms with van der Waals surface area (Å²) >= 11 is 0. The van der Waals surface area contributed by atoms with Crippen LogP contribution in [0.4, 0.5) is 0 Å². The molecular weight excluding hydrogens is 278 g/mol. The van der Waals surface area contributed by atoms with Crippen LogP contribution < -0.4 is 16.2 Å². The fourth-order valence-electron chi connectivity index (χ4n) is 3.65. The standard InChI is InChI=1S/C17H25N3O2/c1-17(22,12-6-3-2-4-7-12)11-18-16(21)13-8-5-9-15-14(13)10-19-20-15/h2-4,6-7,13-15,19-20,22H,5,8-11H2,1H3,(H,18,21). The van der Waals surface area contributed by atoms with E-state index in [1.165, 1.54) is 0 Å². The number of nitrogens with one attached hydrogen (secondary N) is 3. The smallest absolute Gasteiger partial charge is 0.223 e. The molecule has 1 aliphatic heterocycles. The molecule has 0 bridgehead atoms. The van der Waals surface area contributed by atoms with Gasteiger partial charge < -0.3 is 10.4 Å². The number of hydrogen-bond acceptors (Lipinski definition) is 4. The number of fused-ring (bicyclic) bond motifs is 1. The zero-order valence-corrected chi connectivity index (χ0v) is 13.0. The van der Waals surface area contributed by atoms with Gasteiger partial charge in [0.25, 0.3) is 0 Å². The van der Waals surface area contributed by atoms with E-state index in [1.54, 1.807) is 6.92 Å². The molecule has 0 spiro atoms. The molecular formula is C17H25N3O2. The van der Waals surface area contributed by atoms with E-state index in [-0.39, 0.29) is 18.4 Å². The third kappa shape index (κ3) is 3.16. The van der Waals surface area contributed by atoms with E-state index >= 15 is 0 Å². The Balaban J connectivity index is 1.60. The van der Waals surface area contributed by atoms with Crippen molar-refractivity contribution in [2.45, 2.75) is 37.8 Å². The molecule has 1 amide bonds. The number of benzene rings is 1. The van der Waals surface area contributed by atoms with Crippen molar-refractivity contribution in [3.8, 4) is 0 Å². The van der Waals surface area contributed by atoms with Crippen LogP contribution in [-0.4, -0.2) is 30.1 Å². The second kappa shape index (κ2) is 6.36. The summed E-state index contributed by atoms with van der Waals surface area (Å²) in [5, 5.41) is 13.5. The quantitative estimate of drug-likeness (QED) is 0.667. The van der Waals surface area contributed by atoms with Gasteiger partial charge in [-0.3, -0.25) is 15.6 Å². The average Bonchev–Trinajstić information content (AvgIpc) is 3.02. The molecule has 4 N–H and O–H groups in total. The molecule has 1 aromatic carbocycles. The van der Waals surface area contributed by atoms with Crippen LogP contribution in [0.2, 0.25) is 0 Å². The highest BCUT2D eigenvalue weighted by Gasteiger charge is 2.40. The molecule has 5 heteroatoms. The number of carbonyl (C=O) groups is 1. The molecule has 22 heavy (non-hydrogen) atoms. The monoisotopic (exact) mass is 303 g/mol. The van der Waals surface area contributed by atoms with E-state index in [1.807, 2.05) is 30.3 Å². The lowest BCUT2D eigenvalue weighted by Crippen LogP contribution is -2.46. The molecule has 120 valence electrons. The summed E-state index contributed by atoms with van der Waals surface area (Å²) in [5.74, 6) is 0.458. The van der Waals surface area contributed by atoms with E-state index < -0.39 is 5.60 Å². The summed E-state index contributed by atoms with van der Waals surface area (Å²) < 4.78 is 0. The van der Waals surface area contributed by atoms with E-state index in [2.05, 4.69) is 16.2 Å². The highest BCUT2D eigenvalue weighted by molar-refractivity contribution is 5.79. The molecule has 0 radical (unpaired) electrons. The molecule has 1 heterocycles. The van der Waals surface area contributed by atoms with Gasteiger partial charge in [0.05, 0.1) is 6.54 Å². The van der Waals surface area contributed by atoms with Crippen molar-refractivity contribution in [1.82, 2.24) is 16.2 Å². The normalized spacial score (nSPS) is 30.4. The first kappa shape index (κ1) is 15.5.